The Morgan fingerprint density at radius 2 is 1.47 bits per heavy atom. The summed E-state index contributed by atoms with van der Waals surface area (Å²) in [6.07, 6.45) is 0.723. The standard InChI is InChI=1S/C13H24N2O4/c1-5-9(4)12(13(18)19)15-11(17)7-6-10(16)14-8(2)3/h8-9,12H,5-7H2,1-4H3,(H,14,16)(H,15,17)(H,18,19). The van der Waals surface area contributed by atoms with Crippen LogP contribution in [0, 0.1) is 5.92 Å². The van der Waals surface area contributed by atoms with Gasteiger partial charge in [-0.1, -0.05) is 20.3 Å². The first-order valence-corrected chi connectivity index (χ1v) is 6.59. The fraction of sp³-hybridized carbons (Fsp3) is 0.769. The third-order valence-corrected chi connectivity index (χ3v) is 2.82. The third-order valence-electron chi connectivity index (χ3n) is 2.82. The first-order chi connectivity index (χ1) is 8.77. The minimum Gasteiger partial charge on any atom is -0.480 e. The van der Waals surface area contributed by atoms with Crippen molar-refractivity contribution < 1.29 is 19.5 Å². The van der Waals surface area contributed by atoms with Gasteiger partial charge in [-0.3, -0.25) is 9.59 Å². The normalized spacial score (nSPS) is 13.7. The van der Waals surface area contributed by atoms with Crippen LogP contribution in [0.25, 0.3) is 0 Å². The summed E-state index contributed by atoms with van der Waals surface area (Å²) in [4.78, 5) is 34.0. The second kappa shape index (κ2) is 8.50. The summed E-state index contributed by atoms with van der Waals surface area (Å²) in [6.45, 7) is 7.30. The number of nitrogens with one attached hydrogen (secondary N) is 2. The smallest absolute Gasteiger partial charge is 0.326 e. The molecule has 0 aromatic heterocycles. The fourth-order valence-corrected chi connectivity index (χ4v) is 1.55. The second-order valence-electron chi connectivity index (χ2n) is 4.99. The van der Waals surface area contributed by atoms with Crippen molar-refractivity contribution in [3.8, 4) is 0 Å². The van der Waals surface area contributed by atoms with Crippen molar-refractivity contribution >= 4 is 17.8 Å². The van der Waals surface area contributed by atoms with Crippen molar-refractivity contribution in [3.63, 3.8) is 0 Å². The Labute approximate surface area is 113 Å². The molecule has 0 saturated carbocycles. The van der Waals surface area contributed by atoms with Gasteiger partial charge in [0, 0.05) is 18.9 Å². The lowest BCUT2D eigenvalue weighted by molar-refractivity contribution is -0.143. The van der Waals surface area contributed by atoms with E-state index >= 15 is 0 Å². The second-order valence-corrected chi connectivity index (χ2v) is 4.99. The van der Waals surface area contributed by atoms with E-state index in [1.807, 2.05) is 20.8 Å². The Morgan fingerprint density at radius 1 is 1.00 bits per heavy atom. The molecule has 2 unspecified atom stereocenters. The number of carboxylic acids is 1. The summed E-state index contributed by atoms with van der Waals surface area (Å²) in [5.41, 5.74) is 0. The molecule has 0 heterocycles. The molecule has 0 aromatic carbocycles. The monoisotopic (exact) mass is 272 g/mol. The van der Waals surface area contributed by atoms with Crippen molar-refractivity contribution in [3.05, 3.63) is 0 Å². The summed E-state index contributed by atoms with van der Waals surface area (Å²) >= 11 is 0. The minimum atomic E-state index is -1.05. The summed E-state index contributed by atoms with van der Waals surface area (Å²) in [7, 11) is 0. The molecular weight excluding hydrogens is 248 g/mol. The molecule has 6 heteroatoms. The van der Waals surface area contributed by atoms with Gasteiger partial charge in [0.1, 0.15) is 6.04 Å². The van der Waals surface area contributed by atoms with Crippen molar-refractivity contribution in [2.75, 3.05) is 0 Å². The van der Waals surface area contributed by atoms with E-state index in [0.717, 1.165) is 0 Å². The zero-order valence-electron chi connectivity index (χ0n) is 12.0. The highest BCUT2D eigenvalue weighted by Gasteiger charge is 2.25. The van der Waals surface area contributed by atoms with Gasteiger partial charge in [0.15, 0.2) is 0 Å². The largest absolute Gasteiger partial charge is 0.480 e. The molecule has 0 radical (unpaired) electrons. The average Bonchev–Trinajstić information content (AvgIpc) is 2.31. The Hall–Kier alpha value is -1.59. The van der Waals surface area contributed by atoms with Gasteiger partial charge in [-0.2, -0.15) is 0 Å². The van der Waals surface area contributed by atoms with Gasteiger partial charge in [-0.15, -0.1) is 0 Å². The van der Waals surface area contributed by atoms with Crippen LogP contribution in [-0.2, 0) is 14.4 Å². The summed E-state index contributed by atoms with van der Waals surface area (Å²) in [5.74, 6) is -1.81. The van der Waals surface area contributed by atoms with E-state index in [-0.39, 0.29) is 30.7 Å². The van der Waals surface area contributed by atoms with Gasteiger partial charge in [0.2, 0.25) is 11.8 Å². The van der Waals surface area contributed by atoms with Crippen LogP contribution in [0.15, 0.2) is 0 Å². The Morgan fingerprint density at radius 3 is 1.84 bits per heavy atom. The zero-order chi connectivity index (χ0) is 15.0. The van der Waals surface area contributed by atoms with Crippen LogP contribution in [0.5, 0.6) is 0 Å². The Bertz CT molecular complexity index is 329. The lowest BCUT2D eigenvalue weighted by atomic mass is 9.99. The number of rotatable bonds is 8. The third kappa shape index (κ3) is 7.43. The fourth-order valence-electron chi connectivity index (χ4n) is 1.55. The molecule has 19 heavy (non-hydrogen) atoms. The lowest BCUT2D eigenvalue weighted by Gasteiger charge is -2.20. The molecule has 0 aliphatic carbocycles. The topological polar surface area (TPSA) is 95.5 Å². The van der Waals surface area contributed by atoms with E-state index in [9.17, 15) is 14.4 Å². The minimum absolute atomic E-state index is 0.00122. The van der Waals surface area contributed by atoms with Crippen molar-refractivity contribution in [2.24, 2.45) is 5.92 Å². The maximum atomic E-state index is 11.6. The van der Waals surface area contributed by atoms with E-state index in [1.165, 1.54) is 0 Å². The number of hydrogen-bond acceptors (Lipinski definition) is 3. The molecule has 2 amide bonds. The molecule has 0 aliphatic rings. The van der Waals surface area contributed by atoms with Crippen LogP contribution in [0.2, 0.25) is 0 Å². The molecule has 2 atom stereocenters. The first kappa shape index (κ1) is 17.4. The van der Waals surface area contributed by atoms with Gasteiger partial charge < -0.3 is 15.7 Å². The molecule has 0 saturated heterocycles. The predicted molar refractivity (Wildman–Crippen MR) is 71.5 cm³/mol. The van der Waals surface area contributed by atoms with Gasteiger partial charge in [-0.25, -0.2) is 4.79 Å². The maximum absolute atomic E-state index is 11.6. The summed E-state index contributed by atoms with van der Waals surface area (Å²) in [5, 5.41) is 14.2. The first-order valence-electron chi connectivity index (χ1n) is 6.59. The SMILES string of the molecule is CCC(C)C(NC(=O)CCC(=O)NC(C)C)C(=O)O. The number of carboxylic acid groups (broad SMARTS) is 1. The number of amides is 2. The maximum Gasteiger partial charge on any atom is 0.326 e. The van der Waals surface area contributed by atoms with E-state index in [0.29, 0.717) is 6.42 Å². The molecule has 0 aromatic rings. The quantitative estimate of drug-likeness (QED) is 0.612. The van der Waals surface area contributed by atoms with Gasteiger partial charge in [-0.05, 0) is 19.8 Å². The Balaban J connectivity index is 4.21. The number of carbonyl (C=O) groups is 3. The average molecular weight is 272 g/mol. The van der Waals surface area contributed by atoms with Crippen LogP contribution in [-0.4, -0.2) is 35.0 Å². The molecule has 0 spiro atoms. The molecule has 6 nitrogen and oxygen atoms in total. The molecule has 110 valence electrons. The van der Waals surface area contributed by atoms with Gasteiger partial charge in [0.05, 0.1) is 0 Å². The van der Waals surface area contributed by atoms with E-state index < -0.39 is 17.9 Å². The van der Waals surface area contributed by atoms with Crippen LogP contribution >= 0.6 is 0 Å². The lowest BCUT2D eigenvalue weighted by Crippen LogP contribution is -2.45. The summed E-state index contributed by atoms with van der Waals surface area (Å²) in [6, 6.07) is -0.867. The highest BCUT2D eigenvalue weighted by molar-refractivity contribution is 5.87. The van der Waals surface area contributed by atoms with Crippen LogP contribution in [0.4, 0.5) is 0 Å². The van der Waals surface area contributed by atoms with Crippen molar-refractivity contribution in [1.29, 1.82) is 0 Å². The molecule has 3 N–H and O–H groups in total. The molecule has 0 fully saturated rings. The van der Waals surface area contributed by atoms with Crippen molar-refractivity contribution in [2.45, 2.75) is 59.0 Å². The summed E-state index contributed by atoms with van der Waals surface area (Å²) < 4.78 is 0. The van der Waals surface area contributed by atoms with Crippen LogP contribution < -0.4 is 10.6 Å². The predicted octanol–water partition coefficient (Wildman–Crippen LogP) is 0.907. The zero-order valence-corrected chi connectivity index (χ0v) is 12.0. The van der Waals surface area contributed by atoms with Crippen LogP contribution in [0.1, 0.15) is 47.0 Å². The van der Waals surface area contributed by atoms with E-state index in [4.69, 9.17) is 5.11 Å². The number of aliphatic carboxylic acids is 1. The van der Waals surface area contributed by atoms with E-state index in [1.54, 1.807) is 6.92 Å². The van der Waals surface area contributed by atoms with Crippen molar-refractivity contribution in [1.82, 2.24) is 10.6 Å². The number of hydrogen-bond donors (Lipinski definition) is 3. The Kier molecular flexibility index (Phi) is 7.79. The molecule has 0 bridgehead atoms. The number of carbonyl (C=O) groups excluding carboxylic acids is 2. The molecule has 0 aliphatic heterocycles. The highest BCUT2D eigenvalue weighted by Crippen LogP contribution is 2.08. The van der Waals surface area contributed by atoms with Gasteiger partial charge in [0.25, 0.3) is 0 Å². The van der Waals surface area contributed by atoms with E-state index in [2.05, 4.69) is 10.6 Å². The van der Waals surface area contributed by atoms with Crippen LogP contribution in [0.3, 0.4) is 0 Å². The molecular formula is C13H24N2O4. The van der Waals surface area contributed by atoms with Gasteiger partial charge >= 0.3 is 5.97 Å². The molecule has 0 rings (SSSR count). The highest BCUT2D eigenvalue weighted by atomic mass is 16.4.